The number of nitrogens with one attached hydrogen (secondary N) is 1. The van der Waals surface area contributed by atoms with E-state index in [0.717, 1.165) is 9.87 Å². The third-order valence-electron chi connectivity index (χ3n) is 6.75. The van der Waals surface area contributed by atoms with Crippen molar-refractivity contribution in [2.75, 3.05) is 10.8 Å². The van der Waals surface area contributed by atoms with E-state index in [9.17, 15) is 18.0 Å². The van der Waals surface area contributed by atoms with Gasteiger partial charge in [0.1, 0.15) is 12.6 Å². The van der Waals surface area contributed by atoms with Gasteiger partial charge in [0.25, 0.3) is 10.0 Å². The van der Waals surface area contributed by atoms with Gasteiger partial charge in [-0.15, -0.1) is 0 Å². The molecule has 0 fully saturated rings. The maximum absolute atomic E-state index is 14.4. The van der Waals surface area contributed by atoms with Crippen LogP contribution in [0.5, 0.6) is 0 Å². The number of hydrogen-bond donors (Lipinski definition) is 1. The Morgan fingerprint density at radius 3 is 2.05 bits per heavy atom. The molecule has 1 atom stereocenters. The predicted octanol–water partition coefficient (Wildman–Crippen LogP) is 7.01. The van der Waals surface area contributed by atoms with Gasteiger partial charge in [-0.05, 0) is 61.4 Å². The summed E-state index contributed by atoms with van der Waals surface area (Å²) in [5.74, 6) is -1.00. The van der Waals surface area contributed by atoms with Gasteiger partial charge in [0.15, 0.2) is 0 Å². The number of anilines is 1. The Bertz CT molecular complexity index is 1700. The van der Waals surface area contributed by atoms with Crippen molar-refractivity contribution in [2.24, 2.45) is 0 Å². The molecule has 2 amide bonds. The zero-order chi connectivity index (χ0) is 31.9. The quantitative estimate of drug-likeness (QED) is 0.176. The molecule has 230 valence electrons. The molecule has 0 spiro atoms. The van der Waals surface area contributed by atoms with Crippen LogP contribution in [0, 0.1) is 0 Å². The van der Waals surface area contributed by atoms with Gasteiger partial charge < -0.3 is 10.2 Å². The summed E-state index contributed by atoms with van der Waals surface area (Å²) < 4.78 is 29.0. The monoisotopic (exact) mass is 671 g/mol. The standard InChI is InChI=1S/C33H32Cl3N3O4S/c1-23(2)37-33(41)30(20-24-11-5-3-6-12-24)38(21-25-13-9-14-26(34)19-25)31(40)22-39(29-18-10-17-28(35)32(29)36)44(42,43)27-15-7-4-8-16-27/h3-19,23,30H,20-22H2,1-2H3,(H,37,41)/t30-/m0/s1. The molecule has 4 rings (SSSR count). The van der Waals surface area contributed by atoms with Crippen LogP contribution in [0.1, 0.15) is 25.0 Å². The Morgan fingerprint density at radius 1 is 0.795 bits per heavy atom. The number of carbonyl (C=O) groups excluding carboxylic acids is 2. The molecule has 4 aromatic rings. The zero-order valence-corrected chi connectivity index (χ0v) is 27.2. The van der Waals surface area contributed by atoms with Crippen LogP contribution in [0.25, 0.3) is 0 Å². The molecular formula is C33H32Cl3N3O4S. The van der Waals surface area contributed by atoms with Gasteiger partial charge in [0.2, 0.25) is 11.8 Å². The molecule has 0 saturated carbocycles. The van der Waals surface area contributed by atoms with Gasteiger partial charge in [-0.25, -0.2) is 8.42 Å². The van der Waals surface area contributed by atoms with Crippen LogP contribution in [-0.2, 0) is 32.6 Å². The molecule has 11 heteroatoms. The molecule has 0 saturated heterocycles. The van der Waals surface area contributed by atoms with E-state index in [0.29, 0.717) is 10.6 Å². The van der Waals surface area contributed by atoms with Crippen LogP contribution >= 0.6 is 34.8 Å². The summed E-state index contributed by atoms with van der Waals surface area (Å²) in [6.45, 7) is 2.99. The van der Waals surface area contributed by atoms with Crippen LogP contribution in [-0.4, -0.2) is 43.8 Å². The number of benzene rings is 4. The molecule has 0 aliphatic carbocycles. The summed E-state index contributed by atoms with van der Waals surface area (Å²) >= 11 is 19.1. The number of rotatable bonds is 12. The van der Waals surface area contributed by atoms with Crippen molar-refractivity contribution in [3.63, 3.8) is 0 Å². The molecule has 0 unspecified atom stereocenters. The second-order valence-corrected chi connectivity index (χ2v) is 13.5. The third-order valence-corrected chi connectivity index (χ3v) is 9.57. The predicted molar refractivity (Wildman–Crippen MR) is 177 cm³/mol. The molecule has 0 radical (unpaired) electrons. The van der Waals surface area contributed by atoms with Gasteiger partial charge in [0.05, 0.1) is 20.6 Å². The Balaban J connectivity index is 1.83. The van der Waals surface area contributed by atoms with Crippen LogP contribution in [0.3, 0.4) is 0 Å². The van der Waals surface area contributed by atoms with Crippen molar-refractivity contribution in [3.8, 4) is 0 Å². The summed E-state index contributed by atoms with van der Waals surface area (Å²) in [6.07, 6.45) is 0.190. The molecule has 0 heterocycles. The van der Waals surface area contributed by atoms with Gasteiger partial charge in [0, 0.05) is 24.0 Å². The summed E-state index contributed by atoms with van der Waals surface area (Å²) in [4.78, 5) is 29.5. The SMILES string of the molecule is CC(C)NC(=O)[C@H](Cc1ccccc1)N(Cc1cccc(Cl)c1)C(=O)CN(c1cccc(Cl)c1Cl)S(=O)(=O)c1ccccc1. The maximum atomic E-state index is 14.4. The molecule has 0 aliphatic rings. The lowest BCUT2D eigenvalue weighted by molar-refractivity contribution is -0.140. The van der Waals surface area contributed by atoms with E-state index < -0.39 is 28.5 Å². The van der Waals surface area contributed by atoms with E-state index in [1.807, 2.05) is 44.2 Å². The van der Waals surface area contributed by atoms with E-state index in [1.54, 1.807) is 48.5 Å². The Morgan fingerprint density at radius 2 is 1.41 bits per heavy atom. The first kappa shape index (κ1) is 33.3. The number of halogens is 3. The average molecular weight is 673 g/mol. The maximum Gasteiger partial charge on any atom is 0.264 e. The summed E-state index contributed by atoms with van der Waals surface area (Å²) in [5, 5.41) is 3.48. The van der Waals surface area contributed by atoms with E-state index in [2.05, 4.69) is 5.32 Å². The van der Waals surface area contributed by atoms with Gasteiger partial charge in [-0.3, -0.25) is 13.9 Å². The highest BCUT2D eigenvalue weighted by Crippen LogP contribution is 2.35. The molecule has 0 bridgehead atoms. The van der Waals surface area contributed by atoms with E-state index in [1.165, 1.54) is 29.2 Å². The van der Waals surface area contributed by atoms with E-state index in [4.69, 9.17) is 34.8 Å². The first-order valence-electron chi connectivity index (χ1n) is 13.9. The summed E-state index contributed by atoms with van der Waals surface area (Å²) in [7, 11) is -4.30. The minimum Gasteiger partial charge on any atom is -0.352 e. The Hall–Kier alpha value is -3.56. The van der Waals surface area contributed by atoms with Crippen molar-refractivity contribution in [3.05, 3.63) is 129 Å². The molecule has 4 aromatic carbocycles. The fraction of sp³-hybridized carbons (Fsp3) is 0.212. The summed E-state index contributed by atoms with van der Waals surface area (Å²) in [5.41, 5.74) is 1.52. The highest BCUT2D eigenvalue weighted by Gasteiger charge is 2.35. The van der Waals surface area contributed by atoms with Gasteiger partial charge in [-0.1, -0.05) is 102 Å². The Labute approximate surface area is 273 Å². The number of hydrogen-bond acceptors (Lipinski definition) is 4. The minimum atomic E-state index is -4.30. The van der Waals surface area contributed by atoms with Crippen molar-refractivity contribution in [2.45, 2.75) is 43.8 Å². The largest absolute Gasteiger partial charge is 0.352 e. The smallest absolute Gasteiger partial charge is 0.264 e. The molecule has 1 N–H and O–H groups in total. The van der Waals surface area contributed by atoms with Crippen molar-refractivity contribution in [1.29, 1.82) is 0 Å². The minimum absolute atomic E-state index is 0.00902. The van der Waals surface area contributed by atoms with Crippen LogP contribution in [0.4, 0.5) is 5.69 Å². The lowest BCUT2D eigenvalue weighted by Crippen LogP contribution is -2.54. The van der Waals surface area contributed by atoms with Crippen LogP contribution in [0.2, 0.25) is 15.1 Å². The number of sulfonamides is 1. The third kappa shape index (κ3) is 8.33. The second-order valence-electron chi connectivity index (χ2n) is 10.4. The zero-order valence-electron chi connectivity index (χ0n) is 24.2. The molecule has 0 aromatic heterocycles. The fourth-order valence-electron chi connectivity index (χ4n) is 4.68. The first-order chi connectivity index (χ1) is 21.0. The first-order valence-corrected chi connectivity index (χ1v) is 16.4. The molecular weight excluding hydrogens is 641 g/mol. The van der Waals surface area contributed by atoms with Crippen molar-refractivity contribution >= 4 is 62.3 Å². The van der Waals surface area contributed by atoms with Crippen LogP contribution < -0.4 is 9.62 Å². The van der Waals surface area contributed by atoms with E-state index >= 15 is 0 Å². The lowest BCUT2D eigenvalue weighted by atomic mass is 10.0. The lowest BCUT2D eigenvalue weighted by Gasteiger charge is -2.34. The molecule has 0 aliphatic heterocycles. The second kappa shape index (κ2) is 14.9. The molecule has 7 nitrogen and oxygen atoms in total. The van der Waals surface area contributed by atoms with Crippen LogP contribution in [0.15, 0.2) is 108 Å². The molecule has 44 heavy (non-hydrogen) atoms. The van der Waals surface area contributed by atoms with Gasteiger partial charge >= 0.3 is 0 Å². The number of nitrogens with zero attached hydrogens (tertiary/aromatic N) is 2. The number of amides is 2. The fourth-order valence-corrected chi connectivity index (χ4v) is 6.79. The van der Waals surface area contributed by atoms with Gasteiger partial charge in [-0.2, -0.15) is 0 Å². The topological polar surface area (TPSA) is 86.8 Å². The highest BCUT2D eigenvalue weighted by atomic mass is 35.5. The van der Waals surface area contributed by atoms with Crippen molar-refractivity contribution < 1.29 is 18.0 Å². The summed E-state index contributed by atoms with van der Waals surface area (Å²) in [6, 6.07) is 27.4. The normalized spacial score (nSPS) is 12.0. The van der Waals surface area contributed by atoms with E-state index in [-0.39, 0.29) is 45.5 Å². The number of carbonyl (C=O) groups is 2. The van der Waals surface area contributed by atoms with Crippen molar-refractivity contribution in [1.82, 2.24) is 10.2 Å². The Kier molecular flexibility index (Phi) is 11.3. The average Bonchev–Trinajstić information content (AvgIpc) is 2.99. The highest BCUT2D eigenvalue weighted by molar-refractivity contribution is 7.92.